The molecule has 18 heteroatoms. The van der Waals surface area contributed by atoms with E-state index in [1.54, 1.807) is 0 Å². The number of benzene rings is 5. The molecule has 1 aromatic heterocycles. The molecule has 0 fully saturated rings. The maximum absolute atomic E-state index is 6.78. The van der Waals surface area contributed by atoms with Crippen LogP contribution >= 0.6 is 0 Å². The number of fused-ring (bicyclic) bond motifs is 4. The minimum atomic E-state index is 0.736. The summed E-state index contributed by atoms with van der Waals surface area (Å²) in [5, 5.41) is 4.92. The highest BCUT2D eigenvalue weighted by Crippen LogP contribution is 2.37. The molecule has 62 heavy (non-hydrogen) atoms. The molecule has 280 valence electrons. The van der Waals surface area contributed by atoms with Gasteiger partial charge >= 0.3 is 0 Å². The van der Waals surface area contributed by atoms with Crippen LogP contribution < -0.4 is 70.5 Å². The van der Waals surface area contributed by atoms with Crippen LogP contribution in [0, 0.1) is 24.7 Å². The molecule has 0 aliphatic heterocycles. The maximum Gasteiger partial charge on any atom is 0.149 e. The second kappa shape index (κ2) is 17.0. The molecular weight excluding hydrogens is 728 g/mol. The molecule has 1 aliphatic rings. The molecule has 0 saturated heterocycles. The summed E-state index contributed by atoms with van der Waals surface area (Å²) >= 11 is 0. The number of terminal acetylenes is 2. The van der Waals surface area contributed by atoms with Crippen LogP contribution in [0.4, 0.5) is 0 Å². The summed E-state index contributed by atoms with van der Waals surface area (Å²) in [6.45, 7) is 0. The summed E-state index contributed by atoms with van der Waals surface area (Å²) in [5.74, 6) is 6.32. The lowest BCUT2D eigenvalue weighted by Crippen LogP contribution is -2.66. The quantitative estimate of drug-likeness (QED) is 0.121. The second-order valence-electron chi connectivity index (χ2n) is 18.2. The van der Waals surface area contributed by atoms with Crippen molar-refractivity contribution >= 4 is 232 Å². The molecule has 0 unspecified atom stereocenters. The molecule has 0 bridgehead atoms. The normalized spacial score (nSPS) is 14.2. The molecule has 0 radical (unpaired) electrons. The first kappa shape index (κ1) is 45.1. The molecular formula is C44H47B17O. The van der Waals surface area contributed by atoms with Crippen LogP contribution in [0.2, 0.25) is 6.32 Å². The number of para-hydroxylation sites is 2. The van der Waals surface area contributed by atoms with Crippen molar-refractivity contribution in [2.24, 2.45) is 0 Å². The first-order valence-corrected chi connectivity index (χ1v) is 22.3. The van der Waals surface area contributed by atoms with Gasteiger partial charge in [0, 0.05) is 21.9 Å². The van der Waals surface area contributed by atoms with Gasteiger partial charge in [0.1, 0.15) is 145 Å². The Bertz CT molecular complexity index is 3310. The standard InChI is InChI=1S/C44H47B17O/c1-3-14-24(33(51)41(59)39(57)26(14)31(49)21(47)13-45)23-19(30(48)32(50)20(46)4-2)12-18(25-29(23)40(58)43(61)42(60)34(25)52)28-37(55)35(53)27(36(54)38(28)56)17-10-7-9-16-15-8-5-6-11-22(15)62-44(16)17/h1-2,5-11H,12-13,45-61H2/b30-19-,31-21-,32-20-. The van der Waals surface area contributed by atoms with Crippen LogP contribution in [0.15, 0.2) is 74.3 Å². The predicted octanol–water partition coefficient (Wildman–Crippen LogP) is -16.1. The fourth-order valence-corrected chi connectivity index (χ4v) is 10.6. The SMILES string of the molecule is BC/C(B)=C(/B)c1c(B)c(B)c(B)c(C2=c3c(B)c(B)c(B)c(B)c3=C(c3c(B)c(B)c(-c4cccc5c4oc4ccccc45)c(B)c3B)C/C2=C(B)\C(B)=C(\B)C#C)c1C#C. The first-order chi connectivity index (χ1) is 29.3. The van der Waals surface area contributed by atoms with Crippen molar-refractivity contribution in [2.75, 3.05) is 0 Å². The van der Waals surface area contributed by atoms with E-state index >= 15 is 0 Å². The molecule has 7 rings (SSSR count). The van der Waals surface area contributed by atoms with E-state index in [-0.39, 0.29) is 0 Å². The summed E-state index contributed by atoms with van der Waals surface area (Å²) in [6, 6.07) is 15.0. The molecule has 0 saturated carbocycles. The summed E-state index contributed by atoms with van der Waals surface area (Å²) in [4.78, 5) is 0. The molecule has 0 atom stereocenters. The third-order valence-electron chi connectivity index (χ3n) is 15.6. The van der Waals surface area contributed by atoms with E-state index in [0.29, 0.717) is 0 Å². The number of hydrogen-bond acceptors (Lipinski definition) is 1. The number of furan rings is 1. The zero-order chi connectivity index (χ0) is 45.4. The van der Waals surface area contributed by atoms with Crippen LogP contribution in [0.25, 0.3) is 49.7 Å². The van der Waals surface area contributed by atoms with E-state index in [0.717, 1.165) is 56.8 Å². The van der Waals surface area contributed by atoms with Crippen molar-refractivity contribution in [3.8, 4) is 35.8 Å². The fraction of sp³-hybridized carbons (Fsp3) is 0.0455. The molecule has 1 nitrogen and oxygen atoms in total. The highest BCUT2D eigenvalue weighted by Gasteiger charge is 2.31. The number of allylic oxidation sites excluding steroid dienone is 5. The van der Waals surface area contributed by atoms with Gasteiger partial charge in [0.15, 0.2) is 0 Å². The monoisotopic (exact) mass is 779 g/mol. The van der Waals surface area contributed by atoms with Gasteiger partial charge in [-0.1, -0.05) is 115 Å². The Balaban J connectivity index is 1.75. The van der Waals surface area contributed by atoms with Crippen molar-refractivity contribution in [3.63, 3.8) is 0 Å². The zero-order valence-electron chi connectivity index (χ0n) is 40.5. The summed E-state index contributed by atoms with van der Waals surface area (Å²) in [5.41, 5.74) is 33.0. The number of rotatable bonds is 6. The minimum Gasteiger partial charge on any atom is -0.455 e. The van der Waals surface area contributed by atoms with Gasteiger partial charge < -0.3 is 4.42 Å². The van der Waals surface area contributed by atoms with E-state index in [1.165, 1.54) is 126 Å². The van der Waals surface area contributed by atoms with E-state index in [9.17, 15) is 0 Å². The summed E-state index contributed by atoms with van der Waals surface area (Å²) in [7, 11) is 38.7. The highest BCUT2D eigenvalue weighted by molar-refractivity contribution is 6.65. The Hall–Kier alpha value is -4.92. The molecule has 1 aliphatic carbocycles. The Morgan fingerprint density at radius 3 is 1.74 bits per heavy atom. The van der Waals surface area contributed by atoms with Gasteiger partial charge in [0.05, 0.1) is 0 Å². The molecule has 0 amide bonds. The smallest absolute Gasteiger partial charge is 0.149 e. The van der Waals surface area contributed by atoms with Gasteiger partial charge in [-0.05, 0) is 67.4 Å². The third-order valence-corrected chi connectivity index (χ3v) is 15.6. The van der Waals surface area contributed by atoms with E-state index in [1.807, 2.05) is 6.07 Å². The van der Waals surface area contributed by atoms with Crippen molar-refractivity contribution in [3.05, 3.63) is 103 Å². The van der Waals surface area contributed by atoms with Crippen LogP contribution in [0.1, 0.15) is 28.7 Å². The van der Waals surface area contributed by atoms with Gasteiger partial charge in [-0.3, -0.25) is 0 Å². The Labute approximate surface area is 385 Å². The Morgan fingerprint density at radius 2 is 1.15 bits per heavy atom. The second-order valence-corrected chi connectivity index (χ2v) is 18.2. The zero-order valence-corrected chi connectivity index (χ0v) is 40.5. The van der Waals surface area contributed by atoms with Crippen LogP contribution in [-0.2, 0) is 0 Å². The van der Waals surface area contributed by atoms with Crippen molar-refractivity contribution in [1.29, 1.82) is 0 Å². The van der Waals surface area contributed by atoms with Crippen LogP contribution in [-0.4, -0.2) is 133 Å². The molecule has 1 heterocycles. The maximum atomic E-state index is 6.78. The molecule has 0 spiro atoms. The Kier molecular flexibility index (Phi) is 12.4. The number of hydrogen-bond donors (Lipinski definition) is 0. The summed E-state index contributed by atoms with van der Waals surface area (Å²) in [6.07, 6.45) is 14.7. The third kappa shape index (κ3) is 6.79. The Morgan fingerprint density at radius 1 is 0.597 bits per heavy atom. The molecule has 5 aromatic carbocycles. The highest BCUT2D eigenvalue weighted by atomic mass is 16.3. The molecule has 0 N–H and O–H groups in total. The van der Waals surface area contributed by atoms with Crippen molar-refractivity contribution < 1.29 is 4.42 Å². The minimum absolute atomic E-state index is 0.736. The lowest BCUT2D eigenvalue weighted by atomic mass is 9.57. The van der Waals surface area contributed by atoms with Crippen molar-refractivity contribution in [2.45, 2.75) is 12.7 Å². The average Bonchev–Trinajstić information content (AvgIpc) is 3.66. The van der Waals surface area contributed by atoms with Gasteiger partial charge in [-0.25, -0.2) is 0 Å². The predicted molar refractivity (Wildman–Crippen MR) is 325 cm³/mol. The van der Waals surface area contributed by atoms with Crippen LogP contribution in [0.3, 0.4) is 0 Å². The van der Waals surface area contributed by atoms with Gasteiger partial charge in [0.2, 0.25) is 0 Å². The van der Waals surface area contributed by atoms with E-state index in [4.69, 9.17) is 17.3 Å². The fourth-order valence-electron chi connectivity index (χ4n) is 10.6. The largest absolute Gasteiger partial charge is 0.455 e. The average molecular weight is 776 g/mol. The molecule has 6 aromatic rings. The van der Waals surface area contributed by atoms with Crippen molar-refractivity contribution in [1.82, 2.24) is 0 Å². The van der Waals surface area contributed by atoms with Gasteiger partial charge in [0.25, 0.3) is 0 Å². The first-order valence-electron chi connectivity index (χ1n) is 22.3. The summed E-state index contributed by atoms with van der Waals surface area (Å²) < 4.78 is 6.66. The van der Waals surface area contributed by atoms with Gasteiger partial charge in [-0.2, -0.15) is 0 Å². The lowest BCUT2D eigenvalue weighted by molar-refractivity contribution is 0.670. The van der Waals surface area contributed by atoms with E-state index in [2.05, 4.69) is 182 Å². The lowest BCUT2D eigenvalue weighted by Gasteiger charge is -2.33. The van der Waals surface area contributed by atoms with Gasteiger partial charge in [-0.15, -0.1) is 34.7 Å². The van der Waals surface area contributed by atoms with E-state index < -0.39 is 0 Å². The van der Waals surface area contributed by atoms with Crippen LogP contribution in [0.5, 0.6) is 0 Å². The topological polar surface area (TPSA) is 13.1 Å².